The van der Waals surface area contributed by atoms with Crippen LogP contribution in [-0.2, 0) is 4.74 Å². The molecule has 1 atom stereocenters. The fourth-order valence-corrected chi connectivity index (χ4v) is 1.46. The molecule has 0 aromatic rings. The fourth-order valence-electron chi connectivity index (χ4n) is 1.46. The second kappa shape index (κ2) is 6.00. The highest BCUT2D eigenvalue weighted by Crippen LogP contribution is 2.04. The Morgan fingerprint density at radius 2 is 1.92 bits per heavy atom. The molecule has 0 saturated carbocycles. The Hall–Kier alpha value is 0.460. The standard InChI is InChI=1S/C7H14N2O.2ClH/c1-2-8-3-6(1)9-7-4-10-5-7;;/h6-9H,1-5H2;2*1H/t6-;;/m0../s1. The predicted octanol–water partition coefficient (Wildman–Crippen LogP) is 0.180. The van der Waals surface area contributed by atoms with E-state index >= 15 is 0 Å². The molecule has 0 bridgehead atoms. The SMILES string of the molecule is C1C[C@H](NC2COC2)CN1.Cl.Cl. The molecular formula is C7H16Cl2N2O. The van der Waals surface area contributed by atoms with Crippen molar-refractivity contribution in [3.63, 3.8) is 0 Å². The van der Waals surface area contributed by atoms with E-state index in [1.807, 2.05) is 0 Å². The van der Waals surface area contributed by atoms with Crippen LogP contribution < -0.4 is 10.6 Å². The Morgan fingerprint density at radius 3 is 2.33 bits per heavy atom. The molecule has 0 amide bonds. The van der Waals surface area contributed by atoms with Gasteiger partial charge in [0.15, 0.2) is 0 Å². The minimum absolute atomic E-state index is 0. The van der Waals surface area contributed by atoms with Gasteiger partial charge in [-0.2, -0.15) is 0 Å². The average Bonchev–Trinajstić information content (AvgIpc) is 2.29. The zero-order valence-electron chi connectivity index (χ0n) is 6.91. The van der Waals surface area contributed by atoms with Gasteiger partial charge >= 0.3 is 0 Å². The maximum Gasteiger partial charge on any atom is 0.0643 e. The van der Waals surface area contributed by atoms with Crippen molar-refractivity contribution in [1.82, 2.24) is 10.6 Å². The van der Waals surface area contributed by atoms with Crippen molar-refractivity contribution < 1.29 is 4.74 Å². The topological polar surface area (TPSA) is 33.3 Å². The zero-order chi connectivity index (χ0) is 6.81. The summed E-state index contributed by atoms with van der Waals surface area (Å²) in [5.74, 6) is 0. The van der Waals surface area contributed by atoms with E-state index in [2.05, 4.69) is 10.6 Å². The van der Waals surface area contributed by atoms with Crippen molar-refractivity contribution in [1.29, 1.82) is 0 Å². The van der Waals surface area contributed by atoms with Crippen LogP contribution in [0.5, 0.6) is 0 Å². The van der Waals surface area contributed by atoms with E-state index in [-0.39, 0.29) is 24.8 Å². The molecule has 2 heterocycles. The Bertz CT molecular complexity index is 116. The molecule has 2 saturated heterocycles. The molecular weight excluding hydrogens is 199 g/mol. The van der Waals surface area contributed by atoms with Crippen molar-refractivity contribution >= 4 is 24.8 Å². The minimum Gasteiger partial charge on any atom is -0.378 e. The van der Waals surface area contributed by atoms with Crippen LogP contribution in [0.4, 0.5) is 0 Å². The molecule has 0 aromatic heterocycles. The lowest BCUT2D eigenvalue weighted by molar-refractivity contribution is -0.00902. The van der Waals surface area contributed by atoms with Gasteiger partial charge in [-0.05, 0) is 13.0 Å². The highest BCUT2D eigenvalue weighted by Gasteiger charge is 2.23. The molecule has 2 N–H and O–H groups in total. The van der Waals surface area contributed by atoms with Crippen LogP contribution in [0.2, 0.25) is 0 Å². The van der Waals surface area contributed by atoms with Crippen molar-refractivity contribution in [3.05, 3.63) is 0 Å². The Kier molecular flexibility index (Phi) is 6.23. The van der Waals surface area contributed by atoms with Gasteiger partial charge < -0.3 is 15.4 Å². The monoisotopic (exact) mass is 214 g/mol. The molecule has 74 valence electrons. The summed E-state index contributed by atoms with van der Waals surface area (Å²) in [5, 5.41) is 6.85. The van der Waals surface area contributed by atoms with Crippen molar-refractivity contribution in [2.75, 3.05) is 26.3 Å². The predicted molar refractivity (Wildman–Crippen MR) is 53.5 cm³/mol. The second-order valence-corrected chi connectivity index (χ2v) is 3.09. The van der Waals surface area contributed by atoms with Crippen LogP contribution in [0.25, 0.3) is 0 Å². The van der Waals surface area contributed by atoms with E-state index in [1.54, 1.807) is 0 Å². The van der Waals surface area contributed by atoms with Gasteiger partial charge in [-0.25, -0.2) is 0 Å². The molecule has 12 heavy (non-hydrogen) atoms. The summed E-state index contributed by atoms with van der Waals surface area (Å²) in [4.78, 5) is 0. The van der Waals surface area contributed by atoms with Crippen LogP contribution in [0.1, 0.15) is 6.42 Å². The van der Waals surface area contributed by atoms with Crippen LogP contribution in [-0.4, -0.2) is 38.4 Å². The van der Waals surface area contributed by atoms with Crippen LogP contribution >= 0.6 is 24.8 Å². The quantitative estimate of drug-likeness (QED) is 0.689. The number of hydrogen-bond acceptors (Lipinski definition) is 3. The van der Waals surface area contributed by atoms with E-state index in [0.717, 1.165) is 19.8 Å². The summed E-state index contributed by atoms with van der Waals surface area (Å²) in [5.41, 5.74) is 0. The lowest BCUT2D eigenvalue weighted by Crippen LogP contribution is -2.50. The van der Waals surface area contributed by atoms with E-state index < -0.39 is 0 Å². The maximum absolute atomic E-state index is 5.06. The molecule has 0 aromatic carbocycles. The molecule has 0 radical (unpaired) electrons. The zero-order valence-corrected chi connectivity index (χ0v) is 8.55. The molecule has 0 unspecified atom stereocenters. The first-order valence-electron chi connectivity index (χ1n) is 3.99. The second-order valence-electron chi connectivity index (χ2n) is 3.09. The molecule has 2 aliphatic rings. The Morgan fingerprint density at radius 1 is 1.17 bits per heavy atom. The third-order valence-electron chi connectivity index (χ3n) is 2.17. The Labute approximate surface area is 85.4 Å². The molecule has 2 fully saturated rings. The van der Waals surface area contributed by atoms with Crippen LogP contribution in [0, 0.1) is 0 Å². The van der Waals surface area contributed by atoms with Gasteiger partial charge in [-0.1, -0.05) is 0 Å². The van der Waals surface area contributed by atoms with E-state index in [9.17, 15) is 0 Å². The third-order valence-corrected chi connectivity index (χ3v) is 2.17. The Balaban J connectivity index is 0.000000605. The molecule has 2 aliphatic heterocycles. The number of nitrogens with one attached hydrogen (secondary N) is 2. The number of halogens is 2. The molecule has 0 spiro atoms. The highest BCUT2D eigenvalue weighted by atomic mass is 35.5. The normalized spacial score (nSPS) is 28.5. The van der Waals surface area contributed by atoms with Gasteiger partial charge in [0.05, 0.1) is 19.3 Å². The van der Waals surface area contributed by atoms with E-state index in [0.29, 0.717) is 12.1 Å². The van der Waals surface area contributed by atoms with Gasteiger partial charge in [0, 0.05) is 12.6 Å². The summed E-state index contributed by atoms with van der Waals surface area (Å²) in [7, 11) is 0. The average molecular weight is 215 g/mol. The smallest absolute Gasteiger partial charge is 0.0643 e. The molecule has 0 aliphatic carbocycles. The highest BCUT2D eigenvalue weighted by molar-refractivity contribution is 5.85. The van der Waals surface area contributed by atoms with Crippen molar-refractivity contribution in [2.24, 2.45) is 0 Å². The summed E-state index contributed by atoms with van der Waals surface area (Å²) < 4.78 is 5.06. The van der Waals surface area contributed by atoms with Crippen molar-refractivity contribution in [2.45, 2.75) is 18.5 Å². The fraction of sp³-hybridized carbons (Fsp3) is 1.00. The van der Waals surface area contributed by atoms with E-state index in [4.69, 9.17) is 4.74 Å². The summed E-state index contributed by atoms with van der Waals surface area (Å²) in [6, 6.07) is 1.35. The first-order valence-corrected chi connectivity index (χ1v) is 3.99. The van der Waals surface area contributed by atoms with Crippen LogP contribution in [0.15, 0.2) is 0 Å². The lowest BCUT2D eigenvalue weighted by Gasteiger charge is -2.29. The molecule has 2 rings (SSSR count). The minimum atomic E-state index is 0. The van der Waals surface area contributed by atoms with Gasteiger partial charge in [-0.15, -0.1) is 24.8 Å². The summed E-state index contributed by atoms with van der Waals surface area (Å²) >= 11 is 0. The third kappa shape index (κ3) is 3.07. The van der Waals surface area contributed by atoms with Gasteiger partial charge in [0.1, 0.15) is 0 Å². The summed E-state index contributed by atoms with van der Waals surface area (Å²) in [6.45, 7) is 4.13. The van der Waals surface area contributed by atoms with Crippen LogP contribution in [0.3, 0.4) is 0 Å². The first kappa shape index (κ1) is 12.5. The van der Waals surface area contributed by atoms with Gasteiger partial charge in [0.25, 0.3) is 0 Å². The molecule has 5 heteroatoms. The number of ether oxygens (including phenoxy) is 1. The lowest BCUT2D eigenvalue weighted by atomic mass is 10.2. The van der Waals surface area contributed by atoms with Crippen molar-refractivity contribution in [3.8, 4) is 0 Å². The van der Waals surface area contributed by atoms with Gasteiger partial charge in [-0.3, -0.25) is 0 Å². The van der Waals surface area contributed by atoms with E-state index in [1.165, 1.54) is 13.0 Å². The maximum atomic E-state index is 5.06. The molecule has 3 nitrogen and oxygen atoms in total. The van der Waals surface area contributed by atoms with Gasteiger partial charge in [0.2, 0.25) is 0 Å². The summed E-state index contributed by atoms with van der Waals surface area (Å²) in [6.07, 6.45) is 1.27. The number of rotatable bonds is 2. The largest absolute Gasteiger partial charge is 0.378 e. The first-order chi connectivity index (χ1) is 4.95. The number of hydrogen-bond donors (Lipinski definition) is 2.